The fourth-order valence-electron chi connectivity index (χ4n) is 6.28. The Bertz CT molecular complexity index is 1710. The van der Waals surface area contributed by atoms with Gasteiger partial charge in [-0.2, -0.15) is 0 Å². The number of amides is 1. The van der Waals surface area contributed by atoms with Gasteiger partial charge in [0, 0.05) is 55.8 Å². The molecule has 1 heterocycles. The number of hydrogen-bond acceptors (Lipinski definition) is 13. The van der Waals surface area contributed by atoms with Crippen LogP contribution in [0.15, 0.2) is 42.2 Å². The number of benzene rings is 1. The molecule has 1 aliphatic carbocycles. The first kappa shape index (κ1) is 40.6. The summed E-state index contributed by atoms with van der Waals surface area (Å²) < 4.78 is 22.8. The number of aliphatic hydroxyl groups is 2. The van der Waals surface area contributed by atoms with Crippen LogP contribution in [0.2, 0.25) is 0 Å². The minimum Gasteiger partial charge on any atom is -0.872 e. The molecule has 1 aromatic carbocycles. The van der Waals surface area contributed by atoms with E-state index >= 15 is 0 Å². The molecule has 0 aromatic heterocycles. The molecule has 14 nitrogen and oxygen atoms in total. The number of primary amides is 1. The number of nitrogens with two attached hydrogens (primary N) is 1. The zero-order chi connectivity index (χ0) is 38.7. The minimum absolute atomic E-state index is 0.149. The average molecular weight is 712 g/mol. The fourth-order valence-corrected chi connectivity index (χ4v) is 6.28. The Labute approximate surface area is 296 Å². The van der Waals surface area contributed by atoms with Crippen molar-refractivity contribution < 1.29 is 63.3 Å². The van der Waals surface area contributed by atoms with Crippen LogP contribution < -0.4 is 20.7 Å². The van der Waals surface area contributed by atoms with E-state index < -0.39 is 106 Å². The molecule has 0 fully saturated rings. The molecule has 4 N–H and O–H groups in total. The molecule has 51 heavy (non-hydrogen) atoms. The van der Waals surface area contributed by atoms with Gasteiger partial charge in [0.2, 0.25) is 17.5 Å². The Morgan fingerprint density at radius 1 is 0.961 bits per heavy atom. The number of carbonyl (C=O) groups is 5. The summed E-state index contributed by atoms with van der Waals surface area (Å²) in [4.78, 5) is 61.6. The van der Waals surface area contributed by atoms with Gasteiger partial charge in [-0.1, -0.05) is 57.4 Å². The van der Waals surface area contributed by atoms with Crippen molar-refractivity contribution in [3.05, 3.63) is 64.5 Å². The van der Waals surface area contributed by atoms with E-state index in [1.54, 1.807) is 46.8 Å². The van der Waals surface area contributed by atoms with Gasteiger partial charge in [0.05, 0.1) is 30.1 Å². The maximum absolute atomic E-state index is 13.6. The Hall–Kier alpha value is -4.79. The zero-order valence-corrected chi connectivity index (χ0v) is 30.0. The number of allylic oxidation sites excluding steroid dienone is 3. The number of fused-ring (bicyclic) bond motifs is 3. The highest BCUT2D eigenvalue weighted by atomic mass is 16.7. The maximum atomic E-state index is 13.6. The largest absolute Gasteiger partial charge is 0.872 e. The van der Waals surface area contributed by atoms with Crippen molar-refractivity contribution in [2.24, 2.45) is 29.4 Å². The number of ether oxygens (including phenoxy) is 4. The third-order valence-corrected chi connectivity index (χ3v) is 9.53. The van der Waals surface area contributed by atoms with Crippen LogP contribution in [0.1, 0.15) is 80.3 Å². The summed E-state index contributed by atoms with van der Waals surface area (Å²) in [7, 11) is 1.38. The summed E-state index contributed by atoms with van der Waals surface area (Å²) in [5.41, 5.74) is 3.90. The third-order valence-electron chi connectivity index (χ3n) is 9.53. The summed E-state index contributed by atoms with van der Waals surface area (Å²) in [6.45, 7) is 12.1. The number of carbonyl (C=O) groups excluding carboxylic acids is 5. The Balaban J connectivity index is 1.82. The third kappa shape index (κ3) is 8.24. The molecule has 0 bridgehead atoms. The number of methoxy groups -OCH3 is 1. The first-order valence-electron chi connectivity index (χ1n) is 16.3. The minimum atomic E-state index is -2.08. The topological polar surface area (TPSA) is 235 Å². The average Bonchev–Trinajstić information content (AvgIpc) is 3.33. The van der Waals surface area contributed by atoms with Crippen LogP contribution in [-0.4, -0.2) is 76.8 Å². The molecule has 14 heteroatoms. The molecule has 2 aliphatic rings. The van der Waals surface area contributed by atoms with Gasteiger partial charge in [-0.3, -0.25) is 24.0 Å². The van der Waals surface area contributed by atoms with Gasteiger partial charge < -0.3 is 45.1 Å². The van der Waals surface area contributed by atoms with Gasteiger partial charge in [-0.25, -0.2) is 0 Å². The quantitative estimate of drug-likeness (QED) is 0.0771. The summed E-state index contributed by atoms with van der Waals surface area (Å²) in [6.07, 6.45) is 3.88. The molecule has 278 valence electrons. The Morgan fingerprint density at radius 3 is 2.16 bits per heavy atom. The van der Waals surface area contributed by atoms with Crippen molar-refractivity contribution in [3.8, 4) is 11.5 Å². The molecular formula is C37H45NO13-2. The van der Waals surface area contributed by atoms with E-state index in [4.69, 9.17) is 24.7 Å². The van der Waals surface area contributed by atoms with E-state index in [1.807, 2.05) is 0 Å². The van der Waals surface area contributed by atoms with Gasteiger partial charge in [-0.15, -0.1) is 0 Å². The number of rotatable bonds is 15. The Morgan fingerprint density at radius 2 is 1.59 bits per heavy atom. The van der Waals surface area contributed by atoms with Crippen LogP contribution >= 0.6 is 0 Å². The predicted octanol–water partition coefficient (Wildman–Crippen LogP) is 1.56. The molecule has 9 atom stereocenters. The molecule has 0 unspecified atom stereocenters. The lowest BCUT2D eigenvalue weighted by molar-refractivity contribution is -0.270. The van der Waals surface area contributed by atoms with Crippen LogP contribution in [0.5, 0.6) is 11.5 Å². The molecule has 1 aliphatic heterocycles. The van der Waals surface area contributed by atoms with Crippen molar-refractivity contribution in [2.75, 3.05) is 7.11 Å². The molecule has 1 aromatic rings. The van der Waals surface area contributed by atoms with Crippen molar-refractivity contribution in [1.82, 2.24) is 0 Å². The molecule has 0 spiro atoms. The fraction of sp³-hybridized carbons (Fsp3) is 0.486. The van der Waals surface area contributed by atoms with Crippen LogP contribution in [-0.2, 0) is 28.6 Å². The number of esters is 1. The monoisotopic (exact) mass is 711 g/mol. The molecule has 3 rings (SSSR count). The summed E-state index contributed by atoms with van der Waals surface area (Å²) >= 11 is 0. The molecular weight excluding hydrogens is 666 g/mol. The lowest BCUT2D eigenvalue weighted by atomic mass is 9.78. The van der Waals surface area contributed by atoms with E-state index in [0.717, 1.165) is 6.26 Å². The molecule has 0 saturated carbocycles. The molecule has 0 radical (unpaired) electrons. The van der Waals surface area contributed by atoms with Crippen molar-refractivity contribution in [3.63, 3.8) is 0 Å². The second-order valence-corrected chi connectivity index (χ2v) is 13.2. The zero-order valence-electron chi connectivity index (χ0n) is 30.0. The van der Waals surface area contributed by atoms with E-state index in [-0.39, 0.29) is 16.9 Å². The lowest BCUT2D eigenvalue weighted by Gasteiger charge is -2.38. The van der Waals surface area contributed by atoms with Crippen LogP contribution in [0.4, 0.5) is 0 Å². The first-order chi connectivity index (χ1) is 23.7. The van der Waals surface area contributed by atoms with E-state index in [2.05, 4.69) is 0 Å². The van der Waals surface area contributed by atoms with Crippen LogP contribution in [0, 0.1) is 30.6 Å². The molecule has 0 saturated heterocycles. The maximum Gasteiger partial charge on any atom is 0.312 e. The number of aliphatic hydroxyl groups excluding tert-OH is 2. The van der Waals surface area contributed by atoms with Crippen LogP contribution in [0.3, 0.4) is 0 Å². The van der Waals surface area contributed by atoms with Gasteiger partial charge in [0.15, 0.2) is 0 Å². The lowest BCUT2D eigenvalue weighted by Crippen LogP contribution is -2.46. The molecule has 1 amide bonds. The van der Waals surface area contributed by atoms with Gasteiger partial charge >= 0.3 is 11.8 Å². The SMILES string of the molecule is CO[C@@H](/C=C/O[C@@]1(C)Oc2c(C)c([O-])c3c(c2C1=O)C([O-])=CC(=O)C3=O)[C@@H](C)[C@@H](OC(C)=O)[C@H](C)[C@H](O)[C@H](C)[C@@H](O)[C@@H](C)/C=C/C=C(/C)C(N)=O. The summed E-state index contributed by atoms with van der Waals surface area (Å²) in [5, 5.41) is 48.1. The van der Waals surface area contributed by atoms with E-state index in [9.17, 15) is 44.4 Å². The second kappa shape index (κ2) is 16.0. The normalized spacial score (nSPS) is 22.3. The van der Waals surface area contributed by atoms with Gasteiger partial charge in [0.25, 0.3) is 5.78 Å². The van der Waals surface area contributed by atoms with Crippen molar-refractivity contribution in [1.29, 1.82) is 0 Å². The van der Waals surface area contributed by atoms with Crippen LogP contribution in [0.25, 0.3) is 5.76 Å². The van der Waals surface area contributed by atoms with Gasteiger partial charge in [0.1, 0.15) is 11.9 Å². The smallest absolute Gasteiger partial charge is 0.312 e. The number of Topliss-reactive ketones (excluding diaryl/α,β-unsaturated/α-hetero) is 2. The second-order valence-electron chi connectivity index (χ2n) is 13.2. The Kier molecular flexibility index (Phi) is 12.8. The predicted molar refractivity (Wildman–Crippen MR) is 179 cm³/mol. The highest BCUT2D eigenvalue weighted by Crippen LogP contribution is 2.47. The summed E-state index contributed by atoms with van der Waals surface area (Å²) in [6, 6.07) is 0. The van der Waals surface area contributed by atoms with E-state index in [0.29, 0.717) is 11.6 Å². The van der Waals surface area contributed by atoms with E-state index in [1.165, 1.54) is 40.0 Å². The summed E-state index contributed by atoms with van der Waals surface area (Å²) in [5.74, 6) is -11.1. The van der Waals surface area contributed by atoms with Crippen molar-refractivity contribution >= 4 is 35.0 Å². The highest BCUT2D eigenvalue weighted by molar-refractivity contribution is 6.51. The first-order valence-corrected chi connectivity index (χ1v) is 16.3. The van der Waals surface area contributed by atoms with Gasteiger partial charge in [-0.05, 0) is 37.1 Å². The standard InChI is InChI=1S/C37H47NO13/c1-16(11-10-12-17(2)36(38)47)29(42)19(4)30(43)20(5)33(50-22(7)39)18(3)25(48-9)13-14-49-37(8)35(46)28-26-23(40)15-24(41)32(45)27(26)31(44)21(6)34(28)51-37/h10-16,18-20,25,29-30,33,40,42-44H,1-9H3,(H2,38,47)/p-2/b11-10+,14-13+,17-12-/t16-,18+,19+,20+,25-,29-,30+,33+,37-/m0/s1. The number of ketones is 3. The highest BCUT2D eigenvalue weighted by Gasteiger charge is 2.49. The van der Waals surface area contributed by atoms with Crippen molar-refractivity contribution in [2.45, 2.75) is 85.6 Å². The number of hydrogen-bond donors (Lipinski definition) is 3.